The molecule has 78 valence electrons. The summed E-state index contributed by atoms with van der Waals surface area (Å²) in [6.45, 7) is 5.47. The van der Waals surface area contributed by atoms with Gasteiger partial charge in [0.1, 0.15) is 0 Å². The summed E-state index contributed by atoms with van der Waals surface area (Å²) in [5.41, 5.74) is 1.42. The summed E-state index contributed by atoms with van der Waals surface area (Å²) >= 11 is 1.89. The van der Waals surface area contributed by atoms with Crippen LogP contribution in [0.1, 0.15) is 25.3 Å². The fourth-order valence-corrected chi connectivity index (χ4v) is 2.15. The second kappa shape index (κ2) is 6.10. The zero-order valence-electron chi connectivity index (χ0n) is 9.21. The minimum absolute atomic E-state index is 0.598. The average Bonchev–Trinajstić information content (AvgIpc) is 2.20. The lowest BCUT2D eigenvalue weighted by Gasteiger charge is -2.11. The Hall–Kier alpha value is -0.470. The first-order chi connectivity index (χ1) is 6.77. The van der Waals surface area contributed by atoms with Crippen molar-refractivity contribution in [1.29, 1.82) is 0 Å². The van der Waals surface area contributed by atoms with Gasteiger partial charge in [0.25, 0.3) is 0 Å². The van der Waals surface area contributed by atoms with Crippen molar-refractivity contribution >= 4 is 11.8 Å². The van der Waals surface area contributed by atoms with Gasteiger partial charge in [-0.2, -0.15) is 0 Å². The zero-order valence-corrected chi connectivity index (χ0v) is 10.0. The third-order valence-corrected chi connectivity index (χ3v) is 3.16. The normalized spacial score (nSPS) is 12.8. The highest BCUT2D eigenvalue weighted by molar-refractivity contribution is 7.99. The van der Waals surface area contributed by atoms with Crippen molar-refractivity contribution < 1.29 is 0 Å². The van der Waals surface area contributed by atoms with Gasteiger partial charge in [-0.15, -0.1) is 11.8 Å². The smallest absolute Gasteiger partial charge is 0.00720 e. The number of likely N-dealkylation sites (N-methyl/N-ethyl adjacent to an activating group) is 1. The lowest BCUT2D eigenvalue weighted by Crippen LogP contribution is -2.14. The van der Waals surface area contributed by atoms with E-state index < -0.39 is 0 Å². The number of rotatable bonds is 5. The SMILES string of the molecule is CCSc1ccc(C(C)CNC)cc1. The molecule has 1 rings (SSSR count). The topological polar surface area (TPSA) is 12.0 Å². The third-order valence-electron chi connectivity index (χ3n) is 2.27. The lowest BCUT2D eigenvalue weighted by molar-refractivity contribution is 0.677. The van der Waals surface area contributed by atoms with Crippen LogP contribution in [0.2, 0.25) is 0 Å². The first-order valence-electron chi connectivity index (χ1n) is 5.15. The Morgan fingerprint density at radius 1 is 1.29 bits per heavy atom. The van der Waals surface area contributed by atoms with Crippen molar-refractivity contribution in [3.63, 3.8) is 0 Å². The summed E-state index contributed by atoms with van der Waals surface area (Å²) in [4.78, 5) is 1.37. The molecular weight excluding hydrogens is 190 g/mol. The van der Waals surface area contributed by atoms with Crippen molar-refractivity contribution in [1.82, 2.24) is 5.32 Å². The van der Waals surface area contributed by atoms with Gasteiger partial charge in [0.2, 0.25) is 0 Å². The maximum Gasteiger partial charge on any atom is 0.00720 e. The van der Waals surface area contributed by atoms with E-state index in [4.69, 9.17) is 0 Å². The van der Waals surface area contributed by atoms with Gasteiger partial charge in [-0.25, -0.2) is 0 Å². The second-order valence-electron chi connectivity index (χ2n) is 3.46. The molecule has 0 aromatic heterocycles. The quantitative estimate of drug-likeness (QED) is 0.748. The average molecular weight is 209 g/mol. The van der Waals surface area contributed by atoms with E-state index >= 15 is 0 Å². The van der Waals surface area contributed by atoms with Crippen LogP contribution in [0.3, 0.4) is 0 Å². The van der Waals surface area contributed by atoms with Crippen LogP contribution in [0.25, 0.3) is 0 Å². The number of hydrogen-bond donors (Lipinski definition) is 1. The zero-order chi connectivity index (χ0) is 10.4. The van der Waals surface area contributed by atoms with E-state index in [9.17, 15) is 0 Å². The molecule has 0 aliphatic carbocycles. The molecule has 0 spiro atoms. The number of benzene rings is 1. The third kappa shape index (κ3) is 3.35. The predicted octanol–water partition coefficient (Wildman–Crippen LogP) is 3.12. The van der Waals surface area contributed by atoms with Gasteiger partial charge in [0.05, 0.1) is 0 Å². The Morgan fingerprint density at radius 3 is 2.43 bits per heavy atom. The van der Waals surface area contributed by atoms with E-state index in [1.165, 1.54) is 10.5 Å². The summed E-state index contributed by atoms with van der Waals surface area (Å²) < 4.78 is 0. The Balaban J connectivity index is 2.62. The summed E-state index contributed by atoms with van der Waals surface area (Å²) in [7, 11) is 2.00. The summed E-state index contributed by atoms with van der Waals surface area (Å²) in [6, 6.07) is 8.91. The minimum atomic E-state index is 0.598. The van der Waals surface area contributed by atoms with E-state index in [2.05, 4.69) is 43.4 Å². The molecule has 0 bridgehead atoms. The van der Waals surface area contributed by atoms with E-state index in [-0.39, 0.29) is 0 Å². The van der Waals surface area contributed by atoms with Crippen LogP contribution in [-0.2, 0) is 0 Å². The van der Waals surface area contributed by atoms with Crippen molar-refractivity contribution in [2.75, 3.05) is 19.3 Å². The van der Waals surface area contributed by atoms with Gasteiger partial charge in [0, 0.05) is 11.4 Å². The maximum atomic E-state index is 3.20. The summed E-state index contributed by atoms with van der Waals surface area (Å²) in [5, 5.41) is 3.20. The van der Waals surface area contributed by atoms with Crippen LogP contribution in [0.15, 0.2) is 29.2 Å². The molecule has 0 aliphatic rings. The fraction of sp³-hybridized carbons (Fsp3) is 0.500. The van der Waals surface area contributed by atoms with Gasteiger partial charge in [-0.05, 0) is 36.4 Å². The molecule has 1 aromatic carbocycles. The Kier molecular flexibility index (Phi) is 5.05. The molecule has 0 amide bonds. The van der Waals surface area contributed by atoms with Gasteiger partial charge in [-0.3, -0.25) is 0 Å². The van der Waals surface area contributed by atoms with Gasteiger partial charge < -0.3 is 5.32 Å². The van der Waals surface area contributed by atoms with Crippen molar-refractivity contribution in [3.05, 3.63) is 29.8 Å². The monoisotopic (exact) mass is 209 g/mol. The Labute approximate surface area is 91.3 Å². The molecule has 1 unspecified atom stereocenters. The highest BCUT2D eigenvalue weighted by Crippen LogP contribution is 2.21. The van der Waals surface area contributed by atoms with Crippen molar-refractivity contribution in [2.45, 2.75) is 24.7 Å². The van der Waals surface area contributed by atoms with Crippen LogP contribution >= 0.6 is 11.8 Å². The van der Waals surface area contributed by atoms with Crippen LogP contribution in [-0.4, -0.2) is 19.3 Å². The van der Waals surface area contributed by atoms with E-state index in [1.807, 2.05) is 18.8 Å². The largest absolute Gasteiger partial charge is 0.319 e. The first-order valence-corrected chi connectivity index (χ1v) is 6.13. The lowest BCUT2D eigenvalue weighted by atomic mass is 10.0. The highest BCUT2D eigenvalue weighted by atomic mass is 32.2. The standard InChI is InChI=1S/C12H19NS/c1-4-14-12-7-5-11(6-8-12)10(2)9-13-3/h5-8,10,13H,4,9H2,1-3H3. The highest BCUT2D eigenvalue weighted by Gasteiger charge is 2.03. The molecule has 0 saturated heterocycles. The molecule has 0 radical (unpaired) electrons. The van der Waals surface area contributed by atoms with E-state index in [0.29, 0.717) is 5.92 Å². The summed E-state index contributed by atoms with van der Waals surface area (Å²) in [5.74, 6) is 1.74. The molecule has 1 atom stereocenters. The molecule has 1 nitrogen and oxygen atoms in total. The molecule has 2 heteroatoms. The summed E-state index contributed by atoms with van der Waals surface area (Å²) in [6.07, 6.45) is 0. The van der Waals surface area contributed by atoms with Crippen molar-refractivity contribution in [3.8, 4) is 0 Å². The molecule has 1 N–H and O–H groups in total. The predicted molar refractivity (Wildman–Crippen MR) is 65.2 cm³/mol. The molecule has 0 aliphatic heterocycles. The van der Waals surface area contributed by atoms with Crippen molar-refractivity contribution in [2.24, 2.45) is 0 Å². The van der Waals surface area contributed by atoms with E-state index in [0.717, 1.165) is 12.3 Å². The molecule has 0 heterocycles. The van der Waals surface area contributed by atoms with Crippen LogP contribution in [0.5, 0.6) is 0 Å². The number of thioether (sulfide) groups is 1. The van der Waals surface area contributed by atoms with Gasteiger partial charge in [-0.1, -0.05) is 26.0 Å². The van der Waals surface area contributed by atoms with Crippen LogP contribution in [0, 0.1) is 0 Å². The molecular formula is C12H19NS. The molecule has 0 saturated carbocycles. The van der Waals surface area contributed by atoms with Crippen LogP contribution in [0.4, 0.5) is 0 Å². The Morgan fingerprint density at radius 2 is 1.93 bits per heavy atom. The Bertz CT molecular complexity index is 256. The van der Waals surface area contributed by atoms with Gasteiger partial charge in [0.15, 0.2) is 0 Å². The molecule has 1 aromatic rings. The first kappa shape index (κ1) is 11.6. The van der Waals surface area contributed by atoms with E-state index in [1.54, 1.807) is 0 Å². The number of hydrogen-bond acceptors (Lipinski definition) is 2. The molecule has 14 heavy (non-hydrogen) atoms. The minimum Gasteiger partial charge on any atom is -0.319 e. The fourth-order valence-electron chi connectivity index (χ4n) is 1.48. The van der Waals surface area contributed by atoms with Gasteiger partial charge >= 0.3 is 0 Å². The maximum absolute atomic E-state index is 3.20. The van der Waals surface area contributed by atoms with Crippen LogP contribution < -0.4 is 5.32 Å². The molecule has 0 fully saturated rings. The number of nitrogens with one attached hydrogen (secondary N) is 1. The second-order valence-corrected chi connectivity index (χ2v) is 4.80.